The van der Waals surface area contributed by atoms with E-state index in [-0.39, 0.29) is 10.6 Å². The highest BCUT2D eigenvalue weighted by Gasteiger charge is 2.20. The number of aromatic nitrogens is 5. The van der Waals surface area contributed by atoms with Crippen molar-refractivity contribution in [3.8, 4) is 17.1 Å². The second-order valence-corrected chi connectivity index (χ2v) is 11.0. The van der Waals surface area contributed by atoms with Crippen molar-refractivity contribution in [2.24, 2.45) is 14.1 Å². The van der Waals surface area contributed by atoms with E-state index in [0.717, 1.165) is 38.8 Å². The van der Waals surface area contributed by atoms with Crippen LogP contribution in [-0.4, -0.2) is 38.3 Å². The van der Waals surface area contributed by atoms with E-state index in [2.05, 4.69) is 23.2 Å². The molecule has 0 unspecified atom stereocenters. The standard InChI is InChI=1S/C26H23N5O3S/c1-15-5-8-18-19(14-27-21(18)11-15)25-28-20-9-7-17(35(4,33)34)13-23(20)31(25)16-6-10-22-24(12-16)30(3)26(32)29(22)2/h5-14,27H,1-4H3. The van der Waals surface area contributed by atoms with Crippen LogP contribution in [0.2, 0.25) is 0 Å². The number of imidazole rings is 2. The van der Waals surface area contributed by atoms with Gasteiger partial charge < -0.3 is 4.98 Å². The van der Waals surface area contributed by atoms with Gasteiger partial charge in [0.05, 0.1) is 27.0 Å². The minimum atomic E-state index is -3.42. The first-order valence-electron chi connectivity index (χ1n) is 11.1. The summed E-state index contributed by atoms with van der Waals surface area (Å²) in [6.07, 6.45) is 3.12. The van der Waals surface area contributed by atoms with Crippen molar-refractivity contribution in [3.63, 3.8) is 0 Å². The first-order valence-corrected chi connectivity index (χ1v) is 13.0. The molecule has 3 aromatic carbocycles. The summed E-state index contributed by atoms with van der Waals surface area (Å²) in [5.41, 5.74) is 6.65. The predicted molar refractivity (Wildman–Crippen MR) is 138 cm³/mol. The van der Waals surface area contributed by atoms with E-state index in [9.17, 15) is 13.2 Å². The fourth-order valence-corrected chi connectivity index (χ4v) is 5.43. The first kappa shape index (κ1) is 21.4. The average Bonchev–Trinajstić information content (AvgIpc) is 3.47. The molecule has 0 aliphatic heterocycles. The van der Waals surface area contributed by atoms with Gasteiger partial charge in [-0.05, 0) is 55.0 Å². The lowest BCUT2D eigenvalue weighted by Gasteiger charge is -2.11. The molecule has 0 radical (unpaired) electrons. The molecule has 8 nitrogen and oxygen atoms in total. The summed E-state index contributed by atoms with van der Waals surface area (Å²) in [6, 6.07) is 17.0. The second-order valence-electron chi connectivity index (χ2n) is 9.02. The molecule has 0 fully saturated rings. The molecule has 0 saturated heterocycles. The van der Waals surface area contributed by atoms with Crippen LogP contribution >= 0.6 is 0 Å². The van der Waals surface area contributed by atoms with Gasteiger partial charge in [0.2, 0.25) is 0 Å². The Labute approximate surface area is 201 Å². The van der Waals surface area contributed by atoms with Gasteiger partial charge in [0, 0.05) is 48.7 Å². The molecule has 0 amide bonds. The normalized spacial score (nSPS) is 12.3. The lowest BCUT2D eigenvalue weighted by Crippen LogP contribution is -2.19. The summed E-state index contributed by atoms with van der Waals surface area (Å²) < 4.78 is 29.9. The van der Waals surface area contributed by atoms with Crippen LogP contribution in [0.15, 0.2) is 70.5 Å². The van der Waals surface area contributed by atoms with Crippen LogP contribution in [-0.2, 0) is 23.9 Å². The van der Waals surface area contributed by atoms with Crippen LogP contribution in [0.25, 0.3) is 50.0 Å². The number of aromatic amines is 1. The molecule has 0 aliphatic rings. The van der Waals surface area contributed by atoms with E-state index in [4.69, 9.17) is 4.98 Å². The average molecular weight is 486 g/mol. The number of benzene rings is 3. The van der Waals surface area contributed by atoms with Gasteiger partial charge in [0.15, 0.2) is 9.84 Å². The van der Waals surface area contributed by atoms with Crippen molar-refractivity contribution >= 4 is 42.8 Å². The lowest BCUT2D eigenvalue weighted by atomic mass is 10.1. The van der Waals surface area contributed by atoms with Crippen molar-refractivity contribution in [1.82, 2.24) is 23.7 Å². The van der Waals surface area contributed by atoms with Crippen LogP contribution in [0.3, 0.4) is 0 Å². The number of hydrogen-bond donors (Lipinski definition) is 1. The van der Waals surface area contributed by atoms with E-state index in [1.165, 1.54) is 6.26 Å². The van der Waals surface area contributed by atoms with Crippen LogP contribution < -0.4 is 5.69 Å². The third-order valence-electron chi connectivity index (χ3n) is 6.65. The third kappa shape index (κ3) is 3.15. The maximum absolute atomic E-state index is 12.5. The summed E-state index contributed by atoms with van der Waals surface area (Å²) in [7, 11) is 0.0690. The maximum atomic E-state index is 12.5. The summed E-state index contributed by atoms with van der Waals surface area (Å²) in [6.45, 7) is 2.04. The number of nitrogens with one attached hydrogen (secondary N) is 1. The van der Waals surface area contributed by atoms with Gasteiger partial charge in [-0.2, -0.15) is 0 Å². The first-order chi connectivity index (χ1) is 16.6. The van der Waals surface area contributed by atoms with Gasteiger partial charge >= 0.3 is 5.69 Å². The Kier molecular flexibility index (Phi) is 4.40. The van der Waals surface area contributed by atoms with Crippen LogP contribution in [0.4, 0.5) is 0 Å². The molecular weight excluding hydrogens is 462 g/mol. The highest BCUT2D eigenvalue weighted by Crippen LogP contribution is 2.35. The molecule has 0 atom stereocenters. The van der Waals surface area contributed by atoms with Crippen LogP contribution in [0.1, 0.15) is 5.56 Å². The smallest absolute Gasteiger partial charge is 0.328 e. The minimum Gasteiger partial charge on any atom is -0.360 e. The minimum absolute atomic E-state index is 0.112. The highest BCUT2D eigenvalue weighted by atomic mass is 32.2. The monoisotopic (exact) mass is 485 g/mol. The number of fused-ring (bicyclic) bond motifs is 3. The number of nitrogens with zero attached hydrogens (tertiary/aromatic N) is 4. The molecule has 3 aromatic heterocycles. The van der Waals surface area contributed by atoms with E-state index in [1.54, 1.807) is 41.4 Å². The zero-order valence-corrected chi connectivity index (χ0v) is 20.5. The zero-order valence-electron chi connectivity index (χ0n) is 19.7. The van der Waals surface area contributed by atoms with Crippen molar-refractivity contribution in [2.45, 2.75) is 11.8 Å². The van der Waals surface area contributed by atoms with Crippen molar-refractivity contribution < 1.29 is 8.42 Å². The van der Waals surface area contributed by atoms with Gasteiger partial charge in [-0.1, -0.05) is 12.1 Å². The van der Waals surface area contributed by atoms with E-state index >= 15 is 0 Å². The summed E-state index contributed by atoms with van der Waals surface area (Å²) in [5.74, 6) is 0.682. The topological polar surface area (TPSA) is 94.7 Å². The molecular formula is C26H23N5O3S. The molecule has 9 heteroatoms. The van der Waals surface area contributed by atoms with Crippen LogP contribution in [0.5, 0.6) is 0 Å². The maximum Gasteiger partial charge on any atom is 0.328 e. The van der Waals surface area contributed by atoms with Gasteiger partial charge in [-0.25, -0.2) is 18.2 Å². The fraction of sp³-hybridized carbons (Fsp3) is 0.154. The van der Waals surface area contributed by atoms with Crippen LogP contribution in [0, 0.1) is 6.92 Å². The molecule has 0 bridgehead atoms. The second kappa shape index (κ2) is 7.19. The Hall–Kier alpha value is -4.11. The zero-order chi connectivity index (χ0) is 24.6. The summed E-state index contributed by atoms with van der Waals surface area (Å²) in [5, 5.41) is 1.02. The lowest BCUT2D eigenvalue weighted by molar-refractivity contribution is 0.602. The van der Waals surface area contributed by atoms with Crippen molar-refractivity contribution in [1.29, 1.82) is 0 Å². The number of H-pyrrole nitrogens is 1. The Morgan fingerprint density at radius 1 is 0.886 bits per heavy atom. The molecule has 0 spiro atoms. The number of hydrogen-bond acceptors (Lipinski definition) is 4. The number of rotatable bonds is 3. The van der Waals surface area contributed by atoms with E-state index in [0.29, 0.717) is 16.9 Å². The largest absolute Gasteiger partial charge is 0.360 e. The van der Waals surface area contributed by atoms with Gasteiger partial charge in [0.1, 0.15) is 5.82 Å². The predicted octanol–water partition coefficient (Wildman–Crippen LogP) is 4.08. The van der Waals surface area contributed by atoms with E-state index < -0.39 is 9.84 Å². The molecule has 35 heavy (non-hydrogen) atoms. The van der Waals surface area contributed by atoms with Crippen molar-refractivity contribution in [3.05, 3.63) is 76.8 Å². The molecule has 6 aromatic rings. The van der Waals surface area contributed by atoms with Gasteiger partial charge in [-0.15, -0.1) is 0 Å². The summed E-state index contributed by atoms with van der Waals surface area (Å²) in [4.78, 5) is 21.0. The highest BCUT2D eigenvalue weighted by molar-refractivity contribution is 7.90. The Balaban J connectivity index is 1.73. The number of sulfone groups is 1. The van der Waals surface area contributed by atoms with Gasteiger partial charge in [0.25, 0.3) is 0 Å². The third-order valence-corrected chi connectivity index (χ3v) is 7.76. The molecule has 3 heterocycles. The van der Waals surface area contributed by atoms with E-state index in [1.807, 2.05) is 35.9 Å². The molecule has 6 rings (SSSR count). The van der Waals surface area contributed by atoms with Gasteiger partial charge in [-0.3, -0.25) is 13.7 Å². The Bertz CT molecular complexity index is 1990. The molecule has 176 valence electrons. The molecule has 0 aliphatic carbocycles. The molecule has 1 N–H and O–H groups in total. The fourth-order valence-electron chi connectivity index (χ4n) is 4.79. The quantitative estimate of drug-likeness (QED) is 0.409. The Morgan fingerprint density at radius 2 is 1.66 bits per heavy atom. The SMILES string of the molecule is Cc1ccc2c(-c3nc4ccc(S(C)(=O)=O)cc4n3-c3ccc4c(c3)n(C)c(=O)n4C)c[nH]c2c1. The number of aryl methyl sites for hydroxylation is 3. The summed E-state index contributed by atoms with van der Waals surface area (Å²) >= 11 is 0. The van der Waals surface area contributed by atoms with Crippen molar-refractivity contribution in [2.75, 3.05) is 6.26 Å². The molecule has 0 saturated carbocycles. The Morgan fingerprint density at radius 3 is 2.43 bits per heavy atom.